The Labute approximate surface area is 114 Å². The Bertz CT molecular complexity index is 443. The summed E-state index contributed by atoms with van der Waals surface area (Å²) >= 11 is 1.80. The molecule has 0 spiro atoms. The summed E-state index contributed by atoms with van der Waals surface area (Å²) in [5.41, 5.74) is 7.37. The topological polar surface area (TPSA) is 27.6 Å². The van der Waals surface area contributed by atoms with E-state index in [4.69, 9.17) is 0 Å². The number of hydrogen-bond acceptors (Lipinski definition) is 4. The average molecular weight is 263 g/mol. The van der Waals surface area contributed by atoms with E-state index in [9.17, 15) is 0 Å². The molecule has 98 valence electrons. The first-order valence-electron chi connectivity index (χ1n) is 6.50. The van der Waals surface area contributed by atoms with Crippen LogP contribution in [0.4, 0.5) is 5.69 Å². The Morgan fingerprint density at radius 1 is 1.39 bits per heavy atom. The number of thioether (sulfide) groups is 1. The minimum Gasteiger partial charge on any atom is -0.286 e. The summed E-state index contributed by atoms with van der Waals surface area (Å²) in [6.45, 7) is 8.45. The Hall–Kier alpha value is -1.16. The van der Waals surface area contributed by atoms with Crippen molar-refractivity contribution in [3.8, 4) is 0 Å². The van der Waals surface area contributed by atoms with Crippen molar-refractivity contribution in [1.29, 1.82) is 0 Å². The Kier molecular flexibility index (Phi) is 4.53. The molecular formula is C14H21N3S. The van der Waals surface area contributed by atoms with E-state index in [1.165, 1.54) is 16.8 Å². The first kappa shape index (κ1) is 13.3. The molecular weight excluding hydrogens is 242 g/mol. The van der Waals surface area contributed by atoms with Gasteiger partial charge < -0.3 is 0 Å². The summed E-state index contributed by atoms with van der Waals surface area (Å²) in [5, 5.41) is 3.27. The van der Waals surface area contributed by atoms with E-state index in [0.29, 0.717) is 0 Å². The largest absolute Gasteiger partial charge is 0.286 e. The standard InChI is InChI=1S/C14H21N3S/c1-4-9-17(16-14-15-8-10-18-14)13-7-5-6-11(2)12(13)3/h5-7H,4,8-10H2,1-3H3,(H,15,16). The van der Waals surface area contributed by atoms with Crippen molar-refractivity contribution >= 4 is 22.6 Å². The maximum Gasteiger partial charge on any atom is 0.175 e. The van der Waals surface area contributed by atoms with E-state index in [1.54, 1.807) is 11.8 Å². The van der Waals surface area contributed by atoms with Gasteiger partial charge in [-0.2, -0.15) is 0 Å². The highest BCUT2D eigenvalue weighted by molar-refractivity contribution is 8.14. The van der Waals surface area contributed by atoms with Gasteiger partial charge in [0.05, 0.1) is 12.2 Å². The highest BCUT2D eigenvalue weighted by Gasteiger charge is 2.14. The second-order valence-electron chi connectivity index (χ2n) is 4.52. The van der Waals surface area contributed by atoms with Gasteiger partial charge >= 0.3 is 0 Å². The first-order valence-corrected chi connectivity index (χ1v) is 7.48. The maximum atomic E-state index is 4.46. The summed E-state index contributed by atoms with van der Waals surface area (Å²) < 4.78 is 0. The van der Waals surface area contributed by atoms with Gasteiger partial charge in [0.2, 0.25) is 0 Å². The van der Waals surface area contributed by atoms with E-state index in [1.807, 2.05) is 0 Å². The highest BCUT2D eigenvalue weighted by Crippen LogP contribution is 2.22. The normalized spacial score (nSPS) is 14.5. The number of aliphatic imine (C=N–C) groups is 1. The molecule has 0 aliphatic carbocycles. The predicted molar refractivity (Wildman–Crippen MR) is 81.4 cm³/mol. The third kappa shape index (κ3) is 2.99. The number of hydrazine groups is 1. The second kappa shape index (κ2) is 6.14. The van der Waals surface area contributed by atoms with E-state index in [-0.39, 0.29) is 0 Å². The fraction of sp³-hybridized carbons (Fsp3) is 0.500. The van der Waals surface area contributed by atoms with Crippen LogP contribution in [0, 0.1) is 13.8 Å². The van der Waals surface area contributed by atoms with Gasteiger partial charge in [0, 0.05) is 12.3 Å². The Morgan fingerprint density at radius 2 is 2.22 bits per heavy atom. The molecule has 1 aromatic rings. The molecule has 0 radical (unpaired) electrons. The van der Waals surface area contributed by atoms with Crippen molar-refractivity contribution in [2.75, 3.05) is 23.9 Å². The average Bonchev–Trinajstić information content (AvgIpc) is 2.85. The molecule has 3 nitrogen and oxygen atoms in total. The fourth-order valence-corrected chi connectivity index (χ4v) is 2.74. The lowest BCUT2D eigenvalue weighted by molar-refractivity contribution is 0.739. The Morgan fingerprint density at radius 3 is 2.89 bits per heavy atom. The van der Waals surface area contributed by atoms with Crippen LogP contribution in [0.15, 0.2) is 23.2 Å². The number of hydrogen-bond donors (Lipinski definition) is 1. The van der Waals surface area contributed by atoms with Crippen LogP contribution in [-0.2, 0) is 0 Å². The third-order valence-electron chi connectivity index (χ3n) is 3.13. The molecule has 0 aromatic heterocycles. The molecule has 1 aromatic carbocycles. The molecule has 0 fully saturated rings. The van der Waals surface area contributed by atoms with Crippen LogP contribution in [0.25, 0.3) is 0 Å². The van der Waals surface area contributed by atoms with E-state index in [2.05, 4.69) is 54.4 Å². The van der Waals surface area contributed by atoms with Crippen molar-refractivity contribution in [3.05, 3.63) is 29.3 Å². The van der Waals surface area contributed by atoms with Crippen LogP contribution in [0.5, 0.6) is 0 Å². The van der Waals surface area contributed by atoms with Crippen molar-refractivity contribution in [2.45, 2.75) is 27.2 Å². The molecule has 0 amide bonds. The molecule has 18 heavy (non-hydrogen) atoms. The zero-order valence-electron chi connectivity index (χ0n) is 11.4. The lowest BCUT2D eigenvalue weighted by Gasteiger charge is -2.27. The Balaban J connectivity index is 2.20. The summed E-state index contributed by atoms with van der Waals surface area (Å²) in [6.07, 6.45) is 1.11. The van der Waals surface area contributed by atoms with Crippen LogP contribution < -0.4 is 10.4 Å². The molecule has 4 heteroatoms. The SMILES string of the molecule is CCCN(NC1=NCCS1)c1cccc(C)c1C. The monoisotopic (exact) mass is 263 g/mol. The maximum absolute atomic E-state index is 4.46. The number of nitrogens with zero attached hydrogens (tertiary/aromatic N) is 2. The summed E-state index contributed by atoms with van der Waals surface area (Å²) in [6, 6.07) is 6.45. The van der Waals surface area contributed by atoms with E-state index in [0.717, 1.165) is 30.4 Å². The second-order valence-corrected chi connectivity index (χ2v) is 5.60. The van der Waals surface area contributed by atoms with Crippen LogP contribution in [0.3, 0.4) is 0 Å². The van der Waals surface area contributed by atoms with Gasteiger partial charge in [-0.25, -0.2) is 0 Å². The number of benzene rings is 1. The van der Waals surface area contributed by atoms with Gasteiger partial charge in [0.25, 0.3) is 0 Å². The number of nitrogens with one attached hydrogen (secondary N) is 1. The van der Waals surface area contributed by atoms with Gasteiger partial charge in [-0.1, -0.05) is 30.8 Å². The molecule has 1 aliphatic rings. The minimum absolute atomic E-state index is 0.930. The molecule has 0 saturated heterocycles. The highest BCUT2D eigenvalue weighted by atomic mass is 32.2. The quantitative estimate of drug-likeness (QED) is 0.846. The minimum atomic E-state index is 0.930. The van der Waals surface area contributed by atoms with Crippen LogP contribution in [-0.4, -0.2) is 24.0 Å². The molecule has 0 saturated carbocycles. The van der Waals surface area contributed by atoms with Crippen LogP contribution >= 0.6 is 11.8 Å². The zero-order valence-corrected chi connectivity index (χ0v) is 12.2. The summed E-state index contributed by atoms with van der Waals surface area (Å²) in [7, 11) is 0. The molecule has 0 bridgehead atoms. The predicted octanol–water partition coefficient (Wildman–Crippen LogP) is 3.13. The zero-order chi connectivity index (χ0) is 13.0. The molecule has 0 atom stereocenters. The lowest BCUT2D eigenvalue weighted by Crippen LogP contribution is -2.41. The molecule has 1 N–H and O–H groups in total. The smallest absolute Gasteiger partial charge is 0.175 e. The van der Waals surface area contributed by atoms with Crippen LogP contribution in [0.1, 0.15) is 24.5 Å². The molecule has 2 rings (SSSR count). The summed E-state index contributed by atoms with van der Waals surface area (Å²) in [4.78, 5) is 4.46. The number of anilines is 1. The molecule has 0 unspecified atom stereocenters. The number of aryl methyl sites for hydroxylation is 1. The molecule has 1 heterocycles. The van der Waals surface area contributed by atoms with Crippen molar-refractivity contribution < 1.29 is 0 Å². The number of rotatable bonds is 4. The van der Waals surface area contributed by atoms with Gasteiger partial charge in [-0.3, -0.25) is 15.4 Å². The number of amidine groups is 1. The van der Waals surface area contributed by atoms with E-state index >= 15 is 0 Å². The van der Waals surface area contributed by atoms with Gasteiger partial charge in [-0.15, -0.1) is 0 Å². The fourth-order valence-electron chi connectivity index (χ4n) is 2.01. The van der Waals surface area contributed by atoms with Gasteiger partial charge in [-0.05, 0) is 37.5 Å². The van der Waals surface area contributed by atoms with Crippen molar-refractivity contribution in [1.82, 2.24) is 5.43 Å². The summed E-state index contributed by atoms with van der Waals surface area (Å²) in [5.74, 6) is 1.09. The van der Waals surface area contributed by atoms with Gasteiger partial charge in [0.15, 0.2) is 5.17 Å². The van der Waals surface area contributed by atoms with Crippen LogP contribution in [0.2, 0.25) is 0 Å². The van der Waals surface area contributed by atoms with Gasteiger partial charge in [0.1, 0.15) is 0 Å². The van der Waals surface area contributed by atoms with Crippen molar-refractivity contribution in [3.63, 3.8) is 0 Å². The van der Waals surface area contributed by atoms with E-state index < -0.39 is 0 Å². The van der Waals surface area contributed by atoms with Crippen molar-refractivity contribution in [2.24, 2.45) is 4.99 Å². The first-order chi connectivity index (χ1) is 8.72. The lowest BCUT2D eigenvalue weighted by atomic mass is 10.1. The third-order valence-corrected chi connectivity index (χ3v) is 4.01. The molecule has 1 aliphatic heterocycles.